The van der Waals surface area contributed by atoms with Crippen LogP contribution in [0.25, 0.3) is 0 Å². The van der Waals surface area contributed by atoms with Crippen molar-refractivity contribution in [3.05, 3.63) is 89.2 Å². The van der Waals surface area contributed by atoms with E-state index in [1.54, 1.807) is 6.07 Å². The van der Waals surface area contributed by atoms with Gasteiger partial charge < -0.3 is 19.1 Å². The van der Waals surface area contributed by atoms with E-state index < -0.39 is 0 Å². The minimum absolute atomic E-state index is 0.0738. The molecule has 1 fully saturated rings. The molecule has 6 nitrogen and oxygen atoms in total. The standard InChI is InChI=1S/C27H29N3O3/c1-33-27(32)25-7-4-15-30(25)24-13-17-28(18-14-24)26(31)21-8-10-23(11-9-21)29-16-12-20-5-2-3-6-22(20)19-29/h2-11,15,24H,12-14,16-19H2,1H3. The Labute approximate surface area is 194 Å². The predicted octanol–water partition coefficient (Wildman–Crippen LogP) is 4.31. The van der Waals surface area contributed by atoms with Crippen molar-refractivity contribution in [3.8, 4) is 0 Å². The molecule has 0 saturated carbocycles. The number of esters is 1. The normalized spacial score (nSPS) is 16.4. The van der Waals surface area contributed by atoms with Crippen LogP contribution in [0.15, 0.2) is 66.9 Å². The van der Waals surface area contributed by atoms with Crippen LogP contribution < -0.4 is 4.90 Å². The summed E-state index contributed by atoms with van der Waals surface area (Å²) in [5, 5.41) is 0. The molecular formula is C27H29N3O3. The number of piperidine rings is 1. The first kappa shape index (κ1) is 21.3. The number of benzene rings is 2. The molecule has 2 aliphatic heterocycles. The molecule has 33 heavy (non-hydrogen) atoms. The molecule has 6 heteroatoms. The number of methoxy groups -OCH3 is 1. The first-order valence-electron chi connectivity index (χ1n) is 11.6. The lowest BCUT2D eigenvalue weighted by Crippen LogP contribution is -2.39. The van der Waals surface area contributed by atoms with Gasteiger partial charge in [-0.05, 0) is 66.8 Å². The van der Waals surface area contributed by atoms with Gasteiger partial charge in [0, 0.05) is 49.7 Å². The zero-order chi connectivity index (χ0) is 22.8. The maximum atomic E-state index is 13.1. The van der Waals surface area contributed by atoms with E-state index in [1.165, 1.54) is 18.2 Å². The number of hydrogen-bond acceptors (Lipinski definition) is 4. The van der Waals surface area contributed by atoms with E-state index in [1.807, 2.05) is 33.9 Å². The number of anilines is 1. The van der Waals surface area contributed by atoms with E-state index >= 15 is 0 Å². The molecule has 2 aromatic carbocycles. The summed E-state index contributed by atoms with van der Waals surface area (Å²) in [6.07, 6.45) is 4.60. The molecule has 3 heterocycles. The molecule has 0 aliphatic carbocycles. The van der Waals surface area contributed by atoms with Crippen molar-refractivity contribution in [2.24, 2.45) is 0 Å². The average molecular weight is 444 g/mol. The number of hydrogen-bond donors (Lipinski definition) is 0. The van der Waals surface area contributed by atoms with Gasteiger partial charge >= 0.3 is 5.97 Å². The fourth-order valence-electron chi connectivity index (χ4n) is 5.05. The van der Waals surface area contributed by atoms with Gasteiger partial charge in [0.05, 0.1) is 7.11 Å². The van der Waals surface area contributed by atoms with Crippen LogP contribution in [0.1, 0.15) is 50.9 Å². The second kappa shape index (κ2) is 9.14. The molecule has 3 aromatic rings. The van der Waals surface area contributed by atoms with Gasteiger partial charge in [-0.1, -0.05) is 24.3 Å². The molecular weight excluding hydrogens is 414 g/mol. The van der Waals surface area contributed by atoms with Crippen LogP contribution in [-0.2, 0) is 17.7 Å². The van der Waals surface area contributed by atoms with Gasteiger partial charge in [-0.15, -0.1) is 0 Å². The molecule has 5 rings (SSSR count). The summed E-state index contributed by atoms with van der Waals surface area (Å²) in [7, 11) is 1.40. The zero-order valence-electron chi connectivity index (χ0n) is 18.9. The van der Waals surface area contributed by atoms with Crippen LogP contribution in [0.2, 0.25) is 0 Å². The van der Waals surface area contributed by atoms with Gasteiger partial charge in [0.2, 0.25) is 0 Å². The highest BCUT2D eigenvalue weighted by atomic mass is 16.5. The summed E-state index contributed by atoms with van der Waals surface area (Å²) >= 11 is 0. The fraction of sp³-hybridized carbons (Fsp3) is 0.333. The summed E-state index contributed by atoms with van der Waals surface area (Å²) in [5.41, 5.74) is 5.26. The molecule has 0 spiro atoms. The summed E-state index contributed by atoms with van der Waals surface area (Å²) in [4.78, 5) is 29.4. The molecule has 1 amide bonds. The van der Waals surface area contributed by atoms with E-state index in [4.69, 9.17) is 4.74 Å². The number of carbonyl (C=O) groups excluding carboxylic acids is 2. The Bertz CT molecular complexity index is 1140. The molecule has 1 aromatic heterocycles. The van der Waals surface area contributed by atoms with Gasteiger partial charge in [-0.3, -0.25) is 4.79 Å². The lowest BCUT2D eigenvalue weighted by atomic mass is 9.99. The smallest absolute Gasteiger partial charge is 0.354 e. The minimum atomic E-state index is -0.323. The third-order valence-electron chi connectivity index (χ3n) is 6.93. The molecule has 1 saturated heterocycles. The van der Waals surface area contributed by atoms with Crippen LogP contribution in [0.4, 0.5) is 5.69 Å². The van der Waals surface area contributed by atoms with Crippen LogP contribution in [-0.4, -0.2) is 48.1 Å². The van der Waals surface area contributed by atoms with E-state index in [-0.39, 0.29) is 17.9 Å². The highest BCUT2D eigenvalue weighted by Gasteiger charge is 2.27. The maximum Gasteiger partial charge on any atom is 0.354 e. The van der Waals surface area contributed by atoms with Gasteiger partial charge in [-0.2, -0.15) is 0 Å². The van der Waals surface area contributed by atoms with Crippen molar-refractivity contribution < 1.29 is 14.3 Å². The monoisotopic (exact) mass is 443 g/mol. The van der Waals surface area contributed by atoms with Crippen molar-refractivity contribution in [2.45, 2.75) is 31.8 Å². The fourth-order valence-corrected chi connectivity index (χ4v) is 5.05. The molecule has 2 aliphatic rings. The zero-order valence-corrected chi connectivity index (χ0v) is 18.9. The average Bonchev–Trinajstić information content (AvgIpc) is 3.38. The number of amides is 1. The number of nitrogens with zero attached hydrogens (tertiary/aromatic N) is 3. The second-order valence-electron chi connectivity index (χ2n) is 8.80. The number of likely N-dealkylation sites (tertiary alicyclic amines) is 1. The van der Waals surface area contributed by atoms with Crippen molar-refractivity contribution in [2.75, 3.05) is 31.6 Å². The summed E-state index contributed by atoms with van der Waals surface area (Å²) < 4.78 is 6.87. The first-order chi connectivity index (χ1) is 16.1. The Balaban J connectivity index is 1.21. The van der Waals surface area contributed by atoms with E-state index in [0.717, 1.165) is 43.6 Å². The van der Waals surface area contributed by atoms with Gasteiger partial charge in [0.25, 0.3) is 5.91 Å². The molecule has 0 unspecified atom stereocenters. The molecule has 0 radical (unpaired) electrons. The van der Waals surface area contributed by atoms with E-state index in [9.17, 15) is 9.59 Å². The molecule has 170 valence electrons. The van der Waals surface area contributed by atoms with Crippen molar-refractivity contribution in [1.82, 2.24) is 9.47 Å². The first-order valence-corrected chi connectivity index (χ1v) is 11.6. The quantitative estimate of drug-likeness (QED) is 0.564. The topological polar surface area (TPSA) is 54.8 Å². The van der Waals surface area contributed by atoms with E-state index in [0.29, 0.717) is 18.8 Å². The number of carbonyl (C=O) groups is 2. The molecule has 0 N–H and O–H groups in total. The SMILES string of the molecule is COC(=O)c1cccn1C1CCN(C(=O)c2ccc(N3CCc4ccccc4C3)cc2)CC1. The summed E-state index contributed by atoms with van der Waals surface area (Å²) in [5.74, 6) is -0.250. The minimum Gasteiger partial charge on any atom is -0.464 e. The Kier molecular flexibility index (Phi) is 5.90. The Morgan fingerprint density at radius 1 is 0.879 bits per heavy atom. The van der Waals surface area contributed by atoms with Crippen LogP contribution >= 0.6 is 0 Å². The lowest BCUT2D eigenvalue weighted by Gasteiger charge is -2.33. The maximum absolute atomic E-state index is 13.1. The Hall–Kier alpha value is -3.54. The highest BCUT2D eigenvalue weighted by molar-refractivity contribution is 5.94. The number of rotatable bonds is 4. The highest BCUT2D eigenvalue weighted by Crippen LogP contribution is 2.27. The number of fused-ring (bicyclic) bond motifs is 1. The van der Waals surface area contributed by atoms with E-state index in [2.05, 4.69) is 41.3 Å². The van der Waals surface area contributed by atoms with Gasteiger partial charge in [-0.25, -0.2) is 4.79 Å². The van der Waals surface area contributed by atoms with Crippen LogP contribution in [0, 0.1) is 0 Å². The molecule has 0 atom stereocenters. The van der Waals surface area contributed by atoms with Crippen molar-refractivity contribution in [3.63, 3.8) is 0 Å². The largest absolute Gasteiger partial charge is 0.464 e. The third kappa shape index (κ3) is 4.25. The van der Waals surface area contributed by atoms with Crippen LogP contribution in [0.3, 0.4) is 0 Å². The number of aromatic nitrogens is 1. The van der Waals surface area contributed by atoms with Crippen LogP contribution in [0.5, 0.6) is 0 Å². The second-order valence-corrected chi connectivity index (χ2v) is 8.80. The molecule has 0 bridgehead atoms. The van der Waals surface area contributed by atoms with Gasteiger partial charge in [0.15, 0.2) is 0 Å². The Morgan fingerprint density at radius 2 is 1.61 bits per heavy atom. The van der Waals surface area contributed by atoms with Gasteiger partial charge in [0.1, 0.15) is 5.69 Å². The van der Waals surface area contributed by atoms with Crippen molar-refractivity contribution in [1.29, 1.82) is 0 Å². The lowest BCUT2D eigenvalue weighted by molar-refractivity contribution is 0.0573. The summed E-state index contributed by atoms with van der Waals surface area (Å²) in [6.45, 7) is 3.24. The Morgan fingerprint density at radius 3 is 2.33 bits per heavy atom. The number of ether oxygens (including phenoxy) is 1. The summed E-state index contributed by atoms with van der Waals surface area (Å²) in [6, 6.07) is 20.5. The van der Waals surface area contributed by atoms with Crippen molar-refractivity contribution >= 4 is 17.6 Å². The third-order valence-corrected chi connectivity index (χ3v) is 6.93. The predicted molar refractivity (Wildman–Crippen MR) is 128 cm³/mol.